The molecule has 0 bridgehead atoms. The van der Waals surface area contributed by atoms with Crippen molar-refractivity contribution in [2.24, 2.45) is 0 Å². The number of benzene rings is 3. The molecule has 3 rings (SSSR count). The first-order valence-corrected chi connectivity index (χ1v) is 10.1. The highest BCUT2D eigenvalue weighted by Crippen LogP contribution is 2.26. The Hall–Kier alpha value is -3.31. The van der Waals surface area contributed by atoms with E-state index in [2.05, 4.69) is 22.8 Å². The number of methoxy groups -OCH3 is 2. The van der Waals surface area contributed by atoms with Crippen molar-refractivity contribution in [3.05, 3.63) is 89.5 Å². The summed E-state index contributed by atoms with van der Waals surface area (Å²) in [5, 5.41) is 5.13. The lowest BCUT2D eigenvalue weighted by atomic mass is 10.0. The monoisotopic (exact) mass is 405 g/mol. The van der Waals surface area contributed by atoms with E-state index in [4.69, 9.17) is 9.47 Å². The van der Waals surface area contributed by atoms with Crippen LogP contribution >= 0.6 is 0 Å². The molecule has 5 nitrogen and oxygen atoms in total. The van der Waals surface area contributed by atoms with Gasteiger partial charge in [-0.3, -0.25) is 4.79 Å². The van der Waals surface area contributed by atoms with Crippen LogP contribution in [0.25, 0.3) is 0 Å². The highest BCUT2D eigenvalue weighted by Gasteiger charge is 2.24. The van der Waals surface area contributed by atoms with Crippen LogP contribution in [-0.4, -0.2) is 26.7 Å². The number of nitrogens with one attached hydrogen (secondary N) is 1. The first kappa shape index (κ1) is 21.4. The normalized spacial score (nSPS) is 11.6. The molecule has 3 aromatic carbocycles. The minimum atomic E-state index is -0.352. The van der Waals surface area contributed by atoms with E-state index in [0.29, 0.717) is 11.4 Å². The molecule has 0 saturated carbocycles. The van der Waals surface area contributed by atoms with Crippen LogP contribution in [0.15, 0.2) is 72.8 Å². The Labute approximate surface area is 178 Å². The van der Waals surface area contributed by atoms with Crippen LogP contribution < -0.4 is 20.1 Å². The van der Waals surface area contributed by atoms with Gasteiger partial charge in [0.1, 0.15) is 11.5 Å². The number of rotatable bonds is 9. The number of hydrogen-bond acceptors (Lipinski definition) is 3. The summed E-state index contributed by atoms with van der Waals surface area (Å²) in [4.78, 5) is 13.2. The third-order valence-electron chi connectivity index (χ3n) is 5.05. The van der Waals surface area contributed by atoms with Gasteiger partial charge in [-0.25, -0.2) is 0 Å². The minimum absolute atomic E-state index is 0.0696. The van der Waals surface area contributed by atoms with Crippen molar-refractivity contribution in [3.63, 3.8) is 0 Å². The molecule has 156 valence electrons. The van der Waals surface area contributed by atoms with Gasteiger partial charge in [0.05, 0.1) is 26.5 Å². The van der Waals surface area contributed by atoms with E-state index in [-0.39, 0.29) is 11.9 Å². The molecule has 1 atom stereocenters. The average Bonchev–Trinajstić information content (AvgIpc) is 2.78. The van der Waals surface area contributed by atoms with E-state index in [9.17, 15) is 4.79 Å². The number of nitrogens with two attached hydrogens (primary N) is 1. The maximum absolute atomic E-state index is 13.2. The molecule has 5 heteroatoms. The summed E-state index contributed by atoms with van der Waals surface area (Å²) in [6.07, 6.45) is 0.856. The number of quaternary nitrogens is 1. The van der Waals surface area contributed by atoms with Gasteiger partial charge in [0.25, 0.3) is 5.91 Å². The number of hydrogen-bond donors (Lipinski definition) is 2. The highest BCUT2D eigenvalue weighted by molar-refractivity contribution is 5.95. The van der Waals surface area contributed by atoms with Crippen LogP contribution in [0.4, 0.5) is 5.69 Å². The van der Waals surface area contributed by atoms with Crippen molar-refractivity contribution < 1.29 is 19.6 Å². The van der Waals surface area contributed by atoms with Crippen molar-refractivity contribution in [1.29, 1.82) is 0 Å². The van der Waals surface area contributed by atoms with Gasteiger partial charge in [-0.1, -0.05) is 48.5 Å². The number of anilines is 1. The number of amides is 1. The molecule has 0 aliphatic heterocycles. The molecule has 0 radical (unpaired) electrons. The molecule has 3 aromatic rings. The summed E-state index contributed by atoms with van der Waals surface area (Å²) < 4.78 is 10.6. The van der Waals surface area contributed by atoms with Crippen molar-refractivity contribution in [3.8, 4) is 11.5 Å². The first-order valence-electron chi connectivity index (χ1n) is 10.1. The maximum Gasteiger partial charge on any atom is 0.287 e. The van der Waals surface area contributed by atoms with Crippen LogP contribution in [0, 0.1) is 6.92 Å². The van der Waals surface area contributed by atoms with E-state index in [0.717, 1.165) is 29.8 Å². The summed E-state index contributed by atoms with van der Waals surface area (Å²) in [5.74, 6) is 1.43. The van der Waals surface area contributed by atoms with Gasteiger partial charge in [-0.15, -0.1) is 0 Å². The van der Waals surface area contributed by atoms with Crippen LogP contribution in [0.5, 0.6) is 11.5 Å². The van der Waals surface area contributed by atoms with Crippen molar-refractivity contribution in [1.82, 2.24) is 0 Å². The van der Waals surface area contributed by atoms with Gasteiger partial charge in [0.2, 0.25) is 0 Å². The molecule has 0 fully saturated rings. The average molecular weight is 406 g/mol. The molecule has 0 aromatic heterocycles. The van der Waals surface area contributed by atoms with Crippen molar-refractivity contribution in [2.75, 3.05) is 26.1 Å². The fourth-order valence-corrected chi connectivity index (χ4v) is 3.39. The molecule has 3 N–H and O–H groups in total. The van der Waals surface area contributed by atoms with Crippen molar-refractivity contribution >= 4 is 11.6 Å². The van der Waals surface area contributed by atoms with E-state index in [1.54, 1.807) is 14.2 Å². The molecule has 0 spiro atoms. The first-order chi connectivity index (χ1) is 14.6. The lowest BCUT2D eigenvalue weighted by molar-refractivity contribution is -0.682. The molecule has 0 unspecified atom stereocenters. The zero-order valence-electron chi connectivity index (χ0n) is 17.7. The fraction of sp³-hybridized carbons (Fsp3) is 0.240. The van der Waals surface area contributed by atoms with Crippen LogP contribution in [0.2, 0.25) is 0 Å². The van der Waals surface area contributed by atoms with Crippen LogP contribution in [0.1, 0.15) is 22.7 Å². The fourth-order valence-electron chi connectivity index (χ4n) is 3.39. The lowest BCUT2D eigenvalue weighted by Crippen LogP contribution is -2.87. The van der Waals surface area contributed by atoms with Gasteiger partial charge in [0.15, 0.2) is 6.04 Å². The molecule has 0 aliphatic carbocycles. The van der Waals surface area contributed by atoms with E-state index >= 15 is 0 Å². The second-order valence-corrected chi connectivity index (χ2v) is 7.20. The van der Waals surface area contributed by atoms with Gasteiger partial charge in [0, 0.05) is 12.0 Å². The molecule has 0 aliphatic rings. The summed E-state index contributed by atoms with van der Waals surface area (Å²) in [7, 11) is 3.27. The van der Waals surface area contributed by atoms with E-state index in [1.807, 2.05) is 67.6 Å². The molecule has 1 amide bonds. The Kier molecular flexibility index (Phi) is 7.46. The highest BCUT2D eigenvalue weighted by atomic mass is 16.5. The number of ether oxygens (including phenoxy) is 2. The Bertz CT molecular complexity index is 956. The Morgan fingerprint density at radius 3 is 2.37 bits per heavy atom. The summed E-state index contributed by atoms with van der Waals surface area (Å²) in [6.45, 7) is 2.77. The largest absolute Gasteiger partial charge is 0.497 e. The van der Waals surface area contributed by atoms with E-state index in [1.165, 1.54) is 5.56 Å². The number of aryl methyl sites for hydroxylation is 1. The SMILES string of the molecule is COc1ccc(CC[NH2+][C@H](C(=O)Nc2cc(C)ccc2OC)c2ccccc2)cc1. The number of carbonyl (C=O) groups is 1. The molecular formula is C25H29N2O3+. The topological polar surface area (TPSA) is 64.2 Å². The second kappa shape index (κ2) is 10.5. The predicted molar refractivity (Wildman–Crippen MR) is 119 cm³/mol. The van der Waals surface area contributed by atoms with Crippen LogP contribution in [-0.2, 0) is 11.2 Å². The Balaban J connectivity index is 1.72. The maximum atomic E-state index is 13.2. The third-order valence-corrected chi connectivity index (χ3v) is 5.05. The predicted octanol–water partition coefficient (Wildman–Crippen LogP) is 3.50. The molecule has 30 heavy (non-hydrogen) atoms. The summed E-state index contributed by atoms with van der Waals surface area (Å²) in [5.41, 5.74) is 3.92. The van der Waals surface area contributed by atoms with Gasteiger partial charge in [-0.05, 0) is 42.3 Å². The summed E-state index contributed by atoms with van der Waals surface area (Å²) in [6, 6.07) is 23.3. The van der Waals surface area contributed by atoms with Crippen LogP contribution in [0.3, 0.4) is 0 Å². The minimum Gasteiger partial charge on any atom is -0.497 e. The standard InChI is InChI=1S/C25H28N2O3/c1-18-9-14-23(30-3)22(17-18)27-25(28)24(20-7-5-4-6-8-20)26-16-15-19-10-12-21(29-2)13-11-19/h4-14,17,24,26H,15-16H2,1-3H3,(H,27,28)/p+1/t24-/m0/s1. The van der Waals surface area contributed by atoms with Crippen molar-refractivity contribution in [2.45, 2.75) is 19.4 Å². The van der Waals surface area contributed by atoms with Gasteiger partial charge >= 0.3 is 0 Å². The molecular weight excluding hydrogens is 376 g/mol. The lowest BCUT2D eigenvalue weighted by Gasteiger charge is -2.17. The molecule has 0 heterocycles. The summed E-state index contributed by atoms with van der Waals surface area (Å²) >= 11 is 0. The second-order valence-electron chi connectivity index (χ2n) is 7.20. The number of carbonyl (C=O) groups excluding carboxylic acids is 1. The Morgan fingerprint density at radius 2 is 1.70 bits per heavy atom. The Morgan fingerprint density at radius 1 is 0.967 bits per heavy atom. The third kappa shape index (κ3) is 5.61. The van der Waals surface area contributed by atoms with Gasteiger partial charge in [-0.2, -0.15) is 0 Å². The zero-order valence-corrected chi connectivity index (χ0v) is 17.7. The van der Waals surface area contributed by atoms with E-state index < -0.39 is 0 Å². The molecule has 0 saturated heterocycles. The van der Waals surface area contributed by atoms with Gasteiger partial charge < -0.3 is 20.1 Å². The smallest absolute Gasteiger partial charge is 0.287 e. The zero-order chi connectivity index (χ0) is 21.3. The quantitative estimate of drug-likeness (QED) is 0.573.